The molecule has 0 bridgehead atoms. The quantitative estimate of drug-likeness (QED) is 0.604. The van der Waals surface area contributed by atoms with E-state index >= 15 is 0 Å². The maximum atomic E-state index is 11.1. The van der Waals surface area contributed by atoms with Crippen molar-refractivity contribution in [2.75, 3.05) is 6.61 Å². The fraction of sp³-hybridized carbons (Fsp3) is 0.222. The Morgan fingerprint density at radius 1 is 1.50 bits per heavy atom. The van der Waals surface area contributed by atoms with Gasteiger partial charge >= 0.3 is 95.8 Å². The standard InChI is InChI=1S/C9H12BN2O3P/c13-6-5-7-1-3-8(4-2-7)15-9(14)11-10-12-16/h1-4,13H,5-6,16H2,(H,11,14). The third-order valence-corrected chi connectivity index (χ3v) is 1.94. The van der Waals surface area contributed by atoms with Crippen molar-refractivity contribution in [1.82, 2.24) is 5.23 Å². The zero-order valence-electron chi connectivity index (χ0n) is 8.59. The molecule has 84 valence electrons. The van der Waals surface area contributed by atoms with Crippen molar-refractivity contribution in [3.8, 4) is 5.75 Å². The van der Waals surface area contributed by atoms with E-state index in [2.05, 4.69) is 19.3 Å². The number of nitrogens with zero attached hydrogens (tertiary/aromatic N) is 1. The van der Waals surface area contributed by atoms with Gasteiger partial charge in [0.2, 0.25) is 0 Å². The molecule has 1 amide bonds. The number of hydrogen-bond donors (Lipinski definition) is 2. The van der Waals surface area contributed by atoms with E-state index < -0.39 is 6.09 Å². The van der Waals surface area contributed by atoms with Crippen LogP contribution in [0, 0.1) is 0 Å². The molecular formula is C9H12BN2O3P. The second-order valence-corrected chi connectivity index (χ2v) is 3.23. The van der Waals surface area contributed by atoms with Crippen LogP contribution in [-0.2, 0) is 6.42 Å². The predicted octanol–water partition coefficient (Wildman–Crippen LogP) is 0.903. The van der Waals surface area contributed by atoms with Gasteiger partial charge in [0.15, 0.2) is 0 Å². The summed E-state index contributed by atoms with van der Waals surface area (Å²) >= 11 is 0. The molecule has 0 aromatic heterocycles. The molecule has 1 atom stereocenters. The molecule has 7 heteroatoms. The van der Waals surface area contributed by atoms with Crippen LogP contribution in [0.3, 0.4) is 0 Å². The van der Waals surface area contributed by atoms with Gasteiger partial charge in [-0.2, -0.15) is 0 Å². The molecule has 2 N–H and O–H groups in total. The number of aliphatic hydroxyl groups excluding tert-OH is 1. The fourth-order valence-electron chi connectivity index (χ4n) is 1.08. The number of ether oxygens (including phenoxy) is 1. The van der Waals surface area contributed by atoms with Crippen molar-refractivity contribution >= 4 is 22.7 Å². The van der Waals surface area contributed by atoms with Crippen molar-refractivity contribution in [2.24, 2.45) is 4.67 Å². The molecule has 0 fully saturated rings. The minimum absolute atomic E-state index is 0.103. The molecule has 0 aliphatic rings. The number of rotatable bonds is 4. The van der Waals surface area contributed by atoms with E-state index in [4.69, 9.17) is 9.84 Å². The van der Waals surface area contributed by atoms with Crippen LogP contribution in [0.5, 0.6) is 5.75 Å². The van der Waals surface area contributed by atoms with Crippen LogP contribution in [0.1, 0.15) is 5.56 Å². The summed E-state index contributed by atoms with van der Waals surface area (Å²) < 4.78 is 8.44. The molecule has 1 aromatic carbocycles. The Kier molecular flexibility index (Phi) is 5.68. The van der Waals surface area contributed by atoms with Gasteiger partial charge in [-0.1, -0.05) is 0 Å². The van der Waals surface area contributed by atoms with E-state index in [9.17, 15) is 4.79 Å². The molecule has 0 aliphatic carbocycles. The zero-order chi connectivity index (χ0) is 11.8. The fourth-order valence-corrected chi connectivity index (χ4v) is 1.15. The Morgan fingerprint density at radius 2 is 2.19 bits per heavy atom. The van der Waals surface area contributed by atoms with Crippen LogP contribution in [0.4, 0.5) is 4.79 Å². The molecule has 0 radical (unpaired) electrons. The number of carbonyl (C=O) groups is 1. The van der Waals surface area contributed by atoms with Gasteiger partial charge in [0.1, 0.15) is 0 Å². The topological polar surface area (TPSA) is 70.9 Å². The Hall–Kier alpha value is -1.26. The number of benzene rings is 1. The Morgan fingerprint density at radius 3 is 2.75 bits per heavy atom. The number of amides is 1. The van der Waals surface area contributed by atoms with E-state index in [1.807, 2.05) is 0 Å². The SMILES string of the molecule is O=C(NB=NP)Oc1ccc(CCO)cc1. The summed E-state index contributed by atoms with van der Waals surface area (Å²) in [5, 5.41) is 11.0. The van der Waals surface area contributed by atoms with Gasteiger partial charge in [-0.15, -0.1) is 0 Å². The molecular weight excluding hydrogens is 226 g/mol. The molecule has 0 spiro atoms. The monoisotopic (exact) mass is 238 g/mol. The van der Waals surface area contributed by atoms with Crippen LogP contribution >= 0.6 is 9.39 Å². The summed E-state index contributed by atoms with van der Waals surface area (Å²) in [7, 11) is 3.30. The molecule has 1 aromatic rings. The molecule has 5 nitrogen and oxygen atoms in total. The second-order valence-electron chi connectivity index (χ2n) is 2.93. The number of carbonyl (C=O) groups excluding carboxylic acids is 1. The van der Waals surface area contributed by atoms with Crippen LogP contribution < -0.4 is 9.96 Å². The number of aliphatic hydroxyl groups is 1. The first-order valence-corrected chi connectivity index (χ1v) is 5.17. The molecule has 1 unspecified atom stereocenters. The van der Waals surface area contributed by atoms with Crippen molar-refractivity contribution in [3.63, 3.8) is 0 Å². The predicted molar refractivity (Wildman–Crippen MR) is 64.3 cm³/mol. The van der Waals surface area contributed by atoms with E-state index in [-0.39, 0.29) is 6.61 Å². The Balaban J connectivity index is 2.51. The molecule has 16 heavy (non-hydrogen) atoms. The number of nitrogens with one attached hydrogen (secondary N) is 1. The maximum absolute atomic E-state index is 11.1. The molecule has 0 heterocycles. The van der Waals surface area contributed by atoms with Gasteiger partial charge in [0.25, 0.3) is 0 Å². The van der Waals surface area contributed by atoms with Crippen LogP contribution in [0.2, 0.25) is 0 Å². The van der Waals surface area contributed by atoms with Gasteiger partial charge in [-0.05, 0) is 0 Å². The average Bonchev–Trinajstić information content (AvgIpc) is 2.29. The van der Waals surface area contributed by atoms with Gasteiger partial charge in [0, 0.05) is 0 Å². The van der Waals surface area contributed by atoms with Crippen LogP contribution in [-0.4, -0.2) is 25.0 Å². The molecule has 0 aliphatic heterocycles. The summed E-state index contributed by atoms with van der Waals surface area (Å²) in [6, 6.07) is 6.93. The third-order valence-electron chi connectivity index (χ3n) is 1.79. The molecule has 1 rings (SSSR count). The van der Waals surface area contributed by atoms with E-state index in [0.717, 1.165) is 5.56 Å². The summed E-state index contributed by atoms with van der Waals surface area (Å²) in [4.78, 5) is 11.1. The normalized spacial score (nSPS) is 9.88. The van der Waals surface area contributed by atoms with Crippen molar-refractivity contribution in [1.29, 1.82) is 0 Å². The van der Waals surface area contributed by atoms with Gasteiger partial charge in [0.05, 0.1) is 0 Å². The third kappa shape index (κ3) is 4.51. The van der Waals surface area contributed by atoms with Crippen LogP contribution in [0.25, 0.3) is 0 Å². The summed E-state index contributed by atoms with van der Waals surface area (Å²) in [5.41, 5.74) is 0.988. The first kappa shape index (κ1) is 12.8. The minimum atomic E-state index is -0.596. The van der Waals surface area contributed by atoms with E-state index in [1.165, 1.54) is 7.21 Å². The Labute approximate surface area is 96.4 Å². The summed E-state index contributed by atoms with van der Waals surface area (Å²) in [6.45, 7) is 0.103. The molecule has 0 saturated heterocycles. The van der Waals surface area contributed by atoms with E-state index in [1.54, 1.807) is 24.3 Å². The first-order chi connectivity index (χ1) is 7.76. The Bertz CT molecular complexity index is 370. The van der Waals surface area contributed by atoms with Crippen molar-refractivity contribution in [2.45, 2.75) is 6.42 Å². The second kappa shape index (κ2) is 7.09. The van der Waals surface area contributed by atoms with Gasteiger partial charge in [-0.25, -0.2) is 0 Å². The van der Waals surface area contributed by atoms with Gasteiger partial charge < -0.3 is 0 Å². The first-order valence-electron chi connectivity index (χ1n) is 4.66. The summed E-state index contributed by atoms with van der Waals surface area (Å²) in [5.74, 6) is 0.441. The zero-order valence-corrected chi connectivity index (χ0v) is 9.74. The van der Waals surface area contributed by atoms with Crippen molar-refractivity contribution in [3.05, 3.63) is 29.8 Å². The summed E-state index contributed by atoms with van der Waals surface area (Å²) in [6.07, 6.45) is -0.00672. The molecule has 0 saturated carbocycles. The van der Waals surface area contributed by atoms with Crippen LogP contribution in [0.15, 0.2) is 28.9 Å². The van der Waals surface area contributed by atoms with E-state index in [0.29, 0.717) is 12.2 Å². The average molecular weight is 238 g/mol. The van der Waals surface area contributed by atoms with Crippen molar-refractivity contribution < 1.29 is 14.6 Å². The van der Waals surface area contributed by atoms with Gasteiger partial charge in [-0.3, -0.25) is 0 Å². The number of hydrogen-bond acceptors (Lipinski definition) is 4.